The summed E-state index contributed by atoms with van der Waals surface area (Å²) in [4.78, 5) is 32.6. The SMILES string of the molecule is CCC1(CC)CC(=O)N([C@H](CCOC)c2cc(F)cc(C(=O)N[C@@H]3c4ccccc4C[C@H]3O)c2)C(N)=N1. The Hall–Kier alpha value is -3.30. The third kappa shape index (κ3) is 5.38. The highest BCUT2D eigenvalue weighted by Gasteiger charge is 2.40. The number of aliphatic imine (C=N–C) groups is 1. The number of hydrogen-bond acceptors (Lipinski definition) is 6. The minimum atomic E-state index is -0.775. The van der Waals surface area contributed by atoms with Crippen LogP contribution >= 0.6 is 0 Å². The number of aliphatic hydroxyl groups is 1. The number of amides is 2. The van der Waals surface area contributed by atoms with Gasteiger partial charge in [0.1, 0.15) is 5.82 Å². The van der Waals surface area contributed by atoms with Crippen LogP contribution in [0.4, 0.5) is 4.39 Å². The van der Waals surface area contributed by atoms with Gasteiger partial charge < -0.3 is 20.9 Å². The number of halogens is 1. The average Bonchev–Trinajstić information content (AvgIpc) is 3.19. The Morgan fingerprint density at radius 2 is 2.03 bits per heavy atom. The fourth-order valence-electron chi connectivity index (χ4n) is 5.40. The molecule has 0 saturated heterocycles. The molecule has 2 amide bonds. The van der Waals surface area contributed by atoms with Crippen molar-refractivity contribution >= 4 is 17.8 Å². The van der Waals surface area contributed by atoms with Gasteiger partial charge in [-0.1, -0.05) is 38.1 Å². The van der Waals surface area contributed by atoms with Gasteiger partial charge in [0.15, 0.2) is 5.96 Å². The van der Waals surface area contributed by atoms with Crippen LogP contribution < -0.4 is 11.1 Å². The van der Waals surface area contributed by atoms with Crippen molar-refractivity contribution in [1.82, 2.24) is 10.2 Å². The highest BCUT2D eigenvalue weighted by Crippen LogP contribution is 2.35. The summed E-state index contributed by atoms with van der Waals surface area (Å²) in [5.41, 5.74) is 8.09. The Kier molecular flexibility index (Phi) is 7.94. The predicted octanol–water partition coefficient (Wildman–Crippen LogP) is 3.40. The summed E-state index contributed by atoms with van der Waals surface area (Å²) in [7, 11) is 1.54. The topological polar surface area (TPSA) is 117 Å². The summed E-state index contributed by atoms with van der Waals surface area (Å²) in [6.45, 7) is 4.24. The van der Waals surface area contributed by atoms with Crippen molar-refractivity contribution in [3.8, 4) is 0 Å². The Morgan fingerprint density at radius 1 is 1.30 bits per heavy atom. The van der Waals surface area contributed by atoms with Gasteiger partial charge in [0.05, 0.1) is 30.1 Å². The average molecular weight is 511 g/mol. The Labute approximate surface area is 216 Å². The molecule has 0 aromatic heterocycles. The number of carbonyl (C=O) groups excluding carboxylic acids is 2. The third-order valence-electron chi connectivity index (χ3n) is 7.63. The molecule has 1 aliphatic heterocycles. The molecule has 4 rings (SSSR count). The molecule has 2 aromatic rings. The third-order valence-corrected chi connectivity index (χ3v) is 7.63. The quantitative estimate of drug-likeness (QED) is 0.478. The number of carbonyl (C=O) groups is 2. The predicted molar refractivity (Wildman–Crippen MR) is 138 cm³/mol. The van der Waals surface area contributed by atoms with E-state index in [-0.39, 0.29) is 30.5 Å². The molecule has 9 heteroatoms. The van der Waals surface area contributed by atoms with Crippen LogP contribution in [0, 0.1) is 5.82 Å². The Bertz CT molecular complexity index is 1200. The van der Waals surface area contributed by atoms with Gasteiger partial charge in [0.25, 0.3) is 5.91 Å². The van der Waals surface area contributed by atoms with E-state index in [9.17, 15) is 19.1 Å². The van der Waals surface area contributed by atoms with Crippen LogP contribution in [0.3, 0.4) is 0 Å². The lowest BCUT2D eigenvalue weighted by molar-refractivity contribution is -0.131. The number of rotatable bonds is 9. The smallest absolute Gasteiger partial charge is 0.251 e. The second-order valence-corrected chi connectivity index (χ2v) is 9.83. The van der Waals surface area contributed by atoms with Gasteiger partial charge in [-0.15, -0.1) is 0 Å². The van der Waals surface area contributed by atoms with E-state index in [1.165, 1.54) is 11.0 Å². The number of benzene rings is 2. The van der Waals surface area contributed by atoms with E-state index < -0.39 is 35.5 Å². The molecule has 3 atom stereocenters. The second-order valence-electron chi connectivity index (χ2n) is 9.83. The molecule has 0 fully saturated rings. The van der Waals surface area contributed by atoms with Crippen LogP contribution in [0.15, 0.2) is 47.5 Å². The Balaban J connectivity index is 1.65. The van der Waals surface area contributed by atoms with Gasteiger partial charge in [0.2, 0.25) is 5.91 Å². The zero-order valence-electron chi connectivity index (χ0n) is 21.5. The van der Waals surface area contributed by atoms with Crippen LogP contribution in [0.5, 0.6) is 0 Å². The number of nitrogens with two attached hydrogens (primary N) is 1. The van der Waals surface area contributed by atoms with E-state index in [0.717, 1.165) is 17.2 Å². The first-order valence-electron chi connectivity index (χ1n) is 12.8. The minimum Gasteiger partial charge on any atom is -0.390 e. The number of hydrogen-bond donors (Lipinski definition) is 3. The number of guanidine groups is 1. The Morgan fingerprint density at radius 3 is 2.70 bits per heavy atom. The van der Waals surface area contributed by atoms with Gasteiger partial charge in [-0.3, -0.25) is 14.5 Å². The molecular weight excluding hydrogens is 475 g/mol. The summed E-state index contributed by atoms with van der Waals surface area (Å²) in [6, 6.07) is 10.3. The fourth-order valence-corrected chi connectivity index (χ4v) is 5.40. The molecule has 0 saturated carbocycles. The zero-order chi connectivity index (χ0) is 26.7. The van der Waals surface area contributed by atoms with Crippen LogP contribution in [0.1, 0.15) is 78.7 Å². The van der Waals surface area contributed by atoms with Crippen molar-refractivity contribution in [2.45, 2.75) is 69.7 Å². The minimum absolute atomic E-state index is 0.0852. The van der Waals surface area contributed by atoms with E-state index in [1.54, 1.807) is 13.2 Å². The first-order valence-corrected chi connectivity index (χ1v) is 12.8. The van der Waals surface area contributed by atoms with E-state index in [1.807, 2.05) is 38.1 Å². The normalized spacial score (nSPS) is 21.4. The summed E-state index contributed by atoms with van der Waals surface area (Å²) < 4.78 is 20.1. The lowest BCUT2D eigenvalue weighted by Gasteiger charge is -2.40. The second kappa shape index (κ2) is 11.0. The molecule has 2 aromatic carbocycles. The monoisotopic (exact) mass is 510 g/mol. The summed E-state index contributed by atoms with van der Waals surface area (Å²) >= 11 is 0. The number of methoxy groups -OCH3 is 1. The van der Waals surface area contributed by atoms with Gasteiger partial charge in [-0.25, -0.2) is 9.38 Å². The van der Waals surface area contributed by atoms with Crippen molar-refractivity contribution in [1.29, 1.82) is 0 Å². The van der Waals surface area contributed by atoms with E-state index in [0.29, 0.717) is 31.2 Å². The van der Waals surface area contributed by atoms with Gasteiger partial charge in [-0.2, -0.15) is 0 Å². The first kappa shape index (κ1) is 26.8. The lowest BCUT2D eigenvalue weighted by atomic mass is 9.87. The van der Waals surface area contributed by atoms with Gasteiger partial charge >= 0.3 is 0 Å². The maximum absolute atomic E-state index is 14.9. The first-order chi connectivity index (χ1) is 17.7. The number of aliphatic hydroxyl groups excluding tert-OH is 1. The van der Waals surface area contributed by atoms with Gasteiger partial charge in [0, 0.05) is 25.7 Å². The molecule has 8 nitrogen and oxygen atoms in total. The van der Waals surface area contributed by atoms with Crippen molar-refractivity contribution in [3.63, 3.8) is 0 Å². The van der Waals surface area contributed by atoms with Crippen molar-refractivity contribution in [3.05, 3.63) is 70.5 Å². The van der Waals surface area contributed by atoms with E-state index >= 15 is 0 Å². The molecule has 2 aliphatic rings. The van der Waals surface area contributed by atoms with Crippen molar-refractivity contribution < 1.29 is 23.8 Å². The van der Waals surface area contributed by atoms with Crippen LogP contribution in [-0.4, -0.2) is 53.1 Å². The molecule has 1 heterocycles. The lowest BCUT2D eigenvalue weighted by Crippen LogP contribution is -2.52. The molecule has 4 N–H and O–H groups in total. The molecule has 0 unspecified atom stereocenters. The van der Waals surface area contributed by atoms with Crippen LogP contribution in [-0.2, 0) is 16.0 Å². The highest BCUT2D eigenvalue weighted by atomic mass is 19.1. The molecular formula is C28H35FN4O4. The molecule has 1 aliphatic carbocycles. The number of nitrogens with zero attached hydrogens (tertiary/aromatic N) is 2. The zero-order valence-corrected chi connectivity index (χ0v) is 21.5. The molecule has 0 radical (unpaired) electrons. The van der Waals surface area contributed by atoms with E-state index in [4.69, 9.17) is 10.5 Å². The highest BCUT2D eigenvalue weighted by molar-refractivity contribution is 6.00. The fraction of sp³-hybridized carbons (Fsp3) is 0.464. The number of ether oxygens (including phenoxy) is 1. The molecule has 37 heavy (non-hydrogen) atoms. The van der Waals surface area contributed by atoms with Crippen molar-refractivity contribution in [2.24, 2.45) is 10.7 Å². The van der Waals surface area contributed by atoms with Crippen LogP contribution in [0.2, 0.25) is 0 Å². The standard InChI is InChI=1S/C28H35FN4O4/c1-4-28(5-2)16-24(35)33(27(30)32-28)22(10-11-37-3)18-12-19(14-20(29)13-18)26(36)31-25-21-9-7-6-8-17(21)15-23(25)34/h6-9,12-14,22-23,25,34H,4-5,10-11,15-16H2,1-3H3,(H2,30,32)(H,31,36)/t22-,23-,25-/m1/s1. The summed E-state index contributed by atoms with van der Waals surface area (Å²) in [5, 5.41) is 13.4. The summed E-state index contributed by atoms with van der Waals surface area (Å²) in [6.07, 6.45) is 1.54. The maximum atomic E-state index is 14.9. The summed E-state index contributed by atoms with van der Waals surface area (Å²) in [5.74, 6) is -1.25. The largest absolute Gasteiger partial charge is 0.390 e. The van der Waals surface area contributed by atoms with Gasteiger partial charge in [-0.05, 0) is 54.2 Å². The van der Waals surface area contributed by atoms with E-state index in [2.05, 4.69) is 10.3 Å². The maximum Gasteiger partial charge on any atom is 0.251 e. The molecule has 0 spiro atoms. The number of nitrogens with one attached hydrogen (secondary N) is 1. The van der Waals surface area contributed by atoms with Crippen LogP contribution in [0.25, 0.3) is 0 Å². The number of fused-ring (bicyclic) bond motifs is 1. The molecule has 0 bridgehead atoms. The van der Waals surface area contributed by atoms with Crippen molar-refractivity contribution in [2.75, 3.05) is 13.7 Å². The molecule has 198 valence electrons.